The molecule has 0 saturated carbocycles. The lowest BCUT2D eigenvalue weighted by molar-refractivity contribution is 0.0950. The van der Waals surface area contributed by atoms with Crippen LogP contribution in [0.1, 0.15) is 40.2 Å². The molecule has 0 spiro atoms. The number of nitrogens with one attached hydrogen (secondary N) is 1. The maximum Gasteiger partial charge on any atom is 0.251 e. The van der Waals surface area contributed by atoms with Crippen molar-refractivity contribution in [2.75, 3.05) is 13.1 Å². The fourth-order valence-electron chi connectivity index (χ4n) is 3.73. The number of aryl methyl sites for hydroxylation is 1. The minimum atomic E-state index is -0.0818. The maximum absolute atomic E-state index is 12.6. The Morgan fingerprint density at radius 1 is 1.07 bits per heavy atom. The SMILES string of the molecule is Cn1ccnc1COc1ccc(C(=O)NCc2ccccc2CN2CCCC2)cc1. The predicted octanol–water partition coefficient (Wildman–Crippen LogP) is 3.52. The van der Waals surface area contributed by atoms with Crippen LogP contribution in [0.3, 0.4) is 0 Å². The maximum atomic E-state index is 12.6. The highest BCUT2D eigenvalue weighted by Gasteiger charge is 2.14. The largest absolute Gasteiger partial charge is 0.486 e. The van der Waals surface area contributed by atoms with Gasteiger partial charge >= 0.3 is 0 Å². The number of hydrogen-bond donors (Lipinski definition) is 1. The molecule has 0 bridgehead atoms. The predicted molar refractivity (Wildman–Crippen MR) is 116 cm³/mol. The third-order valence-electron chi connectivity index (χ3n) is 5.56. The van der Waals surface area contributed by atoms with Crippen molar-refractivity contribution in [3.05, 3.63) is 83.4 Å². The Bertz CT molecular complexity index is 975. The fourth-order valence-corrected chi connectivity index (χ4v) is 3.73. The van der Waals surface area contributed by atoms with Crippen LogP contribution < -0.4 is 10.1 Å². The van der Waals surface area contributed by atoms with Crippen LogP contribution in [0.15, 0.2) is 60.9 Å². The van der Waals surface area contributed by atoms with E-state index in [2.05, 4.69) is 33.4 Å². The number of likely N-dealkylation sites (tertiary alicyclic amines) is 1. The summed E-state index contributed by atoms with van der Waals surface area (Å²) in [5, 5.41) is 3.05. The van der Waals surface area contributed by atoms with Crippen LogP contribution in [0.4, 0.5) is 0 Å². The van der Waals surface area contributed by atoms with Crippen molar-refractivity contribution < 1.29 is 9.53 Å². The van der Waals surface area contributed by atoms with Crippen molar-refractivity contribution in [3.63, 3.8) is 0 Å². The Kier molecular flexibility index (Phi) is 6.44. The lowest BCUT2D eigenvalue weighted by Gasteiger charge is -2.17. The highest BCUT2D eigenvalue weighted by Crippen LogP contribution is 2.17. The van der Waals surface area contributed by atoms with Gasteiger partial charge in [-0.1, -0.05) is 24.3 Å². The fraction of sp³-hybridized carbons (Fsp3) is 0.333. The molecular formula is C24H28N4O2. The van der Waals surface area contributed by atoms with Gasteiger partial charge in [-0.15, -0.1) is 0 Å². The summed E-state index contributed by atoms with van der Waals surface area (Å²) >= 11 is 0. The van der Waals surface area contributed by atoms with Gasteiger partial charge in [0, 0.05) is 38.1 Å². The van der Waals surface area contributed by atoms with Crippen LogP contribution in [0, 0.1) is 0 Å². The standard InChI is InChI=1S/C24H28N4O2/c1-27-15-12-25-23(27)18-30-22-10-8-19(9-11-22)24(29)26-16-20-6-2-3-7-21(20)17-28-13-4-5-14-28/h2-3,6-12,15H,4-5,13-14,16-18H2,1H3,(H,26,29). The molecule has 1 N–H and O–H groups in total. The Labute approximate surface area is 177 Å². The minimum absolute atomic E-state index is 0.0818. The van der Waals surface area contributed by atoms with E-state index >= 15 is 0 Å². The number of hydrogen-bond acceptors (Lipinski definition) is 4. The van der Waals surface area contributed by atoms with E-state index in [1.54, 1.807) is 18.3 Å². The van der Waals surface area contributed by atoms with Crippen molar-refractivity contribution in [2.24, 2.45) is 7.05 Å². The van der Waals surface area contributed by atoms with E-state index in [0.717, 1.165) is 25.5 Å². The Morgan fingerprint density at radius 2 is 1.80 bits per heavy atom. The van der Waals surface area contributed by atoms with E-state index in [4.69, 9.17) is 4.74 Å². The molecule has 1 fully saturated rings. The number of benzene rings is 2. The molecule has 1 aliphatic rings. The molecule has 4 rings (SSSR count). The topological polar surface area (TPSA) is 59.4 Å². The molecule has 30 heavy (non-hydrogen) atoms. The summed E-state index contributed by atoms with van der Waals surface area (Å²) in [6.07, 6.45) is 6.19. The average molecular weight is 405 g/mol. The molecule has 0 atom stereocenters. The number of nitrogens with zero attached hydrogens (tertiary/aromatic N) is 3. The normalized spacial score (nSPS) is 14.0. The van der Waals surface area contributed by atoms with Crippen molar-refractivity contribution in [1.29, 1.82) is 0 Å². The first-order valence-corrected chi connectivity index (χ1v) is 10.5. The minimum Gasteiger partial charge on any atom is -0.486 e. The lowest BCUT2D eigenvalue weighted by atomic mass is 10.1. The number of aromatic nitrogens is 2. The molecule has 0 unspecified atom stereocenters. The van der Waals surface area contributed by atoms with Crippen LogP contribution in [0.25, 0.3) is 0 Å². The van der Waals surface area contributed by atoms with Gasteiger partial charge in [-0.2, -0.15) is 0 Å². The molecule has 1 saturated heterocycles. The average Bonchev–Trinajstić information content (AvgIpc) is 3.43. The molecule has 1 amide bonds. The number of carbonyl (C=O) groups excluding carboxylic acids is 1. The van der Waals surface area contributed by atoms with E-state index in [0.29, 0.717) is 24.5 Å². The van der Waals surface area contributed by atoms with Gasteiger partial charge in [-0.05, 0) is 61.3 Å². The third kappa shape index (κ3) is 5.07. The number of imidazole rings is 1. The molecule has 6 nitrogen and oxygen atoms in total. The van der Waals surface area contributed by atoms with Crippen molar-refractivity contribution in [1.82, 2.24) is 19.8 Å². The summed E-state index contributed by atoms with van der Waals surface area (Å²) in [6.45, 7) is 4.20. The lowest BCUT2D eigenvalue weighted by Crippen LogP contribution is -2.25. The molecule has 1 aromatic heterocycles. The summed E-state index contributed by atoms with van der Waals surface area (Å²) in [5.41, 5.74) is 3.09. The van der Waals surface area contributed by atoms with Gasteiger partial charge in [-0.3, -0.25) is 9.69 Å². The second kappa shape index (κ2) is 9.59. The van der Waals surface area contributed by atoms with Gasteiger partial charge in [-0.25, -0.2) is 4.98 Å². The van der Waals surface area contributed by atoms with Crippen LogP contribution in [0.2, 0.25) is 0 Å². The third-order valence-corrected chi connectivity index (χ3v) is 5.56. The first-order chi connectivity index (χ1) is 14.7. The zero-order chi connectivity index (χ0) is 20.8. The highest BCUT2D eigenvalue weighted by atomic mass is 16.5. The van der Waals surface area contributed by atoms with Crippen LogP contribution in [0.5, 0.6) is 5.75 Å². The molecule has 3 aromatic rings. The molecule has 2 aromatic carbocycles. The quantitative estimate of drug-likeness (QED) is 0.624. The van der Waals surface area contributed by atoms with E-state index in [1.807, 2.05) is 36.0 Å². The summed E-state index contributed by atoms with van der Waals surface area (Å²) in [4.78, 5) is 19.3. The molecule has 2 heterocycles. The molecule has 1 aliphatic heterocycles. The van der Waals surface area contributed by atoms with Crippen LogP contribution >= 0.6 is 0 Å². The number of carbonyl (C=O) groups is 1. The second-order valence-corrected chi connectivity index (χ2v) is 7.70. The molecule has 156 valence electrons. The van der Waals surface area contributed by atoms with Crippen molar-refractivity contribution in [3.8, 4) is 5.75 Å². The molecule has 0 aliphatic carbocycles. The first-order valence-electron chi connectivity index (χ1n) is 10.5. The Balaban J connectivity index is 1.31. The van der Waals surface area contributed by atoms with E-state index in [9.17, 15) is 4.79 Å². The van der Waals surface area contributed by atoms with E-state index < -0.39 is 0 Å². The van der Waals surface area contributed by atoms with Crippen LogP contribution in [-0.2, 0) is 26.7 Å². The Hall–Kier alpha value is -3.12. The molecular weight excluding hydrogens is 376 g/mol. The van der Waals surface area contributed by atoms with Crippen molar-refractivity contribution >= 4 is 5.91 Å². The first kappa shape index (κ1) is 20.2. The van der Waals surface area contributed by atoms with E-state index in [1.165, 1.54) is 24.0 Å². The molecule has 0 radical (unpaired) electrons. The van der Waals surface area contributed by atoms with Gasteiger partial charge in [0.1, 0.15) is 18.2 Å². The summed E-state index contributed by atoms with van der Waals surface area (Å²) in [7, 11) is 1.93. The zero-order valence-electron chi connectivity index (χ0n) is 17.4. The number of amides is 1. The number of ether oxygens (including phenoxy) is 1. The zero-order valence-corrected chi connectivity index (χ0v) is 17.4. The Morgan fingerprint density at radius 3 is 2.50 bits per heavy atom. The smallest absolute Gasteiger partial charge is 0.251 e. The summed E-state index contributed by atoms with van der Waals surface area (Å²) in [6, 6.07) is 15.6. The summed E-state index contributed by atoms with van der Waals surface area (Å²) < 4.78 is 7.67. The van der Waals surface area contributed by atoms with E-state index in [-0.39, 0.29) is 5.91 Å². The molecule has 6 heteroatoms. The highest BCUT2D eigenvalue weighted by molar-refractivity contribution is 5.94. The van der Waals surface area contributed by atoms with Crippen LogP contribution in [-0.4, -0.2) is 33.4 Å². The van der Waals surface area contributed by atoms with Crippen molar-refractivity contribution in [2.45, 2.75) is 32.5 Å². The summed E-state index contributed by atoms with van der Waals surface area (Å²) in [5.74, 6) is 1.48. The van der Waals surface area contributed by atoms with Gasteiger partial charge in [0.15, 0.2) is 0 Å². The van der Waals surface area contributed by atoms with Gasteiger partial charge in [0.2, 0.25) is 0 Å². The van der Waals surface area contributed by atoms with Gasteiger partial charge < -0.3 is 14.6 Å². The number of rotatable bonds is 8. The van der Waals surface area contributed by atoms with Gasteiger partial charge in [0.05, 0.1) is 0 Å². The monoisotopic (exact) mass is 404 g/mol. The second-order valence-electron chi connectivity index (χ2n) is 7.70. The van der Waals surface area contributed by atoms with Gasteiger partial charge in [0.25, 0.3) is 5.91 Å².